The van der Waals surface area contributed by atoms with Crippen molar-refractivity contribution in [2.24, 2.45) is 5.73 Å². The lowest BCUT2D eigenvalue weighted by molar-refractivity contribution is 0.0953. The molecule has 5 heteroatoms. The molecule has 0 saturated carbocycles. The molecule has 0 spiro atoms. The summed E-state index contributed by atoms with van der Waals surface area (Å²) in [6.07, 6.45) is 0.800. The molecule has 22 heavy (non-hydrogen) atoms. The van der Waals surface area contributed by atoms with Gasteiger partial charge in [-0.25, -0.2) is 0 Å². The second-order valence-electron chi connectivity index (χ2n) is 5.25. The highest BCUT2D eigenvalue weighted by atomic mass is 35.5. The van der Waals surface area contributed by atoms with Crippen molar-refractivity contribution in [3.8, 4) is 0 Å². The Morgan fingerprint density at radius 1 is 1.23 bits per heavy atom. The zero-order valence-corrected chi connectivity index (χ0v) is 14.0. The summed E-state index contributed by atoms with van der Waals surface area (Å²) in [5.41, 5.74) is 9.52. The van der Waals surface area contributed by atoms with Gasteiger partial charge in [-0.2, -0.15) is 0 Å². The van der Waals surface area contributed by atoms with Gasteiger partial charge >= 0.3 is 0 Å². The van der Waals surface area contributed by atoms with E-state index in [4.69, 9.17) is 5.73 Å². The monoisotopic (exact) mass is 321 g/mol. The van der Waals surface area contributed by atoms with E-state index in [-0.39, 0.29) is 18.3 Å². The molecule has 1 amide bonds. The predicted molar refractivity (Wildman–Crippen MR) is 92.7 cm³/mol. The Morgan fingerprint density at radius 2 is 1.91 bits per heavy atom. The Balaban J connectivity index is 0.00000242. The number of nitrogens with one attached hydrogen (secondary N) is 1. The van der Waals surface area contributed by atoms with Crippen molar-refractivity contribution in [2.75, 3.05) is 13.1 Å². The zero-order valence-electron chi connectivity index (χ0n) is 13.1. The molecule has 1 aromatic carbocycles. The number of rotatable bonds is 6. The molecular weight excluding hydrogens is 298 g/mol. The fraction of sp³-hybridized carbons (Fsp3) is 0.353. The summed E-state index contributed by atoms with van der Waals surface area (Å²) in [5.74, 6) is -0.0177. The first-order valence-electron chi connectivity index (χ1n) is 7.32. The summed E-state index contributed by atoms with van der Waals surface area (Å²) < 4.78 is 2.17. The Labute approximate surface area is 138 Å². The fourth-order valence-electron chi connectivity index (χ4n) is 2.44. The van der Waals surface area contributed by atoms with Crippen LogP contribution in [-0.4, -0.2) is 23.6 Å². The minimum Gasteiger partial charge on any atom is -0.352 e. The van der Waals surface area contributed by atoms with Gasteiger partial charge in [0.2, 0.25) is 0 Å². The van der Waals surface area contributed by atoms with Crippen molar-refractivity contribution in [3.63, 3.8) is 0 Å². The van der Waals surface area contributed by atoms with Crippen LogP contribution in [0.15, 0.2) is 36.4 Å². The first-order chi connectivity index (χ1) is 10.1. The molecule has 0 unspecified atom stereocenters. The van der Waals surface area contributed by atoms with Gasteiger partial charge in [0, 0.05) is 24.5 Å². The van der Waals surface area contributed by atoms with Gasteiger partial charge < -0.3 is 15.6 Å². The molecule has 0 aliphatic rings. The first-order valence-corrected chi connectivity index (χ1v) is 7.32. The van der Waals surface area contributed by atoms with E-state index in [0.29, 0.717) is 13.1 Å². The molecule has 2 aromatic rings. The second kappa shape index (κ2) is 8.61. The quantitative estimate of drug-likeness (QED) is 0.804. The number of benzene rings is 1. The minimum atomic E-state index is -0.0177. The lowest BCUT2D eigenvalue weighted by atomic mass is 10.2. The average Bonchev–Trinajstić information content (AvgIpc) is 2.77. The topological polar surface area (TPSA) is 60.1 Å². The molecule has 0 bridgehead atoms. The molecule has 0 radical (unpaired) electrons. The number of nitrogens with two attached hydrogens (primary N) is 1. The van der Waals surface area contributed by atoms with Gasteiger partial charge in [-0.15, -0.1) is 12.4 Å². The van der Waals surface area contributed by atoms with Gasteiger partial charge in [-0.3, -0.25) is 4.79 Å². The number of halogens is 1. The number of amides is 1. The Bertz CT molecular complexity index is 608. The minimum absolute atomic E-state index is 0. The van der Waals surface area contributed by atoms with Gasteiger partial charge in [0.15, 0.2) is 0 Å². The van der Waals surface area contributed by atoms with Crippen LogP contribution in [-0.2, 0) is 6.54 Å². The van der Waals surface area contributed by atoms with E-state index in [0.717, 1.165) is 29.9 Å². The lowest BCUT2D eigenvalue weighted by Gasteiger charge is -2.10. The Kier molecular flexibility index (Phi) is 7.15. The van der Waals surface area contributed by atoms with Crippen LogP contribution in [0.4, 0.5) is 0 Å². The van der Waals surface area contributed by atoms with Crippen LogP contribution in [0.25, 0.3) is 0 Å². The molecule has 0 atom stereocenters. The number of carbonyl (C=O) groups is 1. The molecule has 2 rings (SSSR count). The molecule has 1 aromatic heterocycles. The van der Waals surface area contributed by atoms with Crippen molar-refractivity contribution in [1.82, 2.24) is 9.88 Å². The van der Waals surface area contributed by atoms with Crippen LogP contribution in [0.2, 0.25) is 0 Å². The summed E-state index contributed by atoms with van der Waals surface area (Å²) in [7, 11) is 0. The average molecular weight is 322 g/mol. The van der Waals surface area contributed by atoms with Crippen LogP contribution in [0, 0.1) is 13.8 Å². The lowest BCUT2D eigenvalue weighted by Crippen LogP contribution is -2.26. The molecule has 0 aliphatic carbocycles. The van der Waals surface area contributed by atoms with Crippen LogP contribution in [0.3, 0.4) is 0 Å². The van der Waals surface area contributed by atoms with E-state index < -0.39 is 0 Å². The van der Waals surface area contributed by atoms with Gasteiger partial charge in [0.05, 0.1) is 5.56 Å². The first kappa shape index (κ1) is 18.3. The molecule has 3 N–H and O–H groups in total. The maximum absolute atomic E-state index is 12.2. The van der Waals surface area contributed by atoms with Gasteiger partial charge in [0.25, 0.3) is 5.91 Å². The van der Waals surface area contributed by atoms with Crippen LogP contribution in [0.1, 0.15) is 33.7 Å². The van der Waals surface area contributed by atoms with Gasteiger partial charge in [0.1, 0.15) is 0 Å². The van der Waals surface area contributed by atoms with Crippen molar-refractivity contribution in [2.45, 2.75) is 26.8 Å². The van der Waals surface area contributed by atoms with Gasteiger partial charge in [-0.1, -0.05) is 30.3 Å². The highest BCUT2D eigenvalue weighted by Gasteiger charge is 2.15. The third kappa shape index (κ3) is 4.36. The standard InChI is InChI=1S/C17H23N3O.ClH/c1-13-11-16(17(21)19-10-6-9-18)14(2)20(13)12-15-7-4-3-5-8-15;/h3-5,7-8,11H,6,9-10,12,18H2,1-2H3,(H,19,21);1H. The number of carbonyl (C=O) groups excluding carboxylic acids is 1. The Morgan fingerprint density at radius 3 is 2.55 bits per heavy atom. The Hall–Kier alpha value is -1.78. The summed E-state index contributed by atoms with van der Waals surface area (Å²) >= 11 is 0. The summed E-state index contributed by atoms with van der Waals surface area (Å²) in [6, 6.07) is 12.2. The van der Waals surface area contributed by atoms with E-state index in [9.17, 15) is 4.79 Å². The van der Waals surface area contributed by atoms with E-state index in [1.54, 1.807) is 0 Å². The molecular formula is C17H24ClN3O. The largest absolute Gasteiger partial charge is 0.352 e. The predicted octanol–water partition coefficient (Wildman–Crippen LogP) is 2.65. The molecule has 120 valence electrons. The van der Waals surface area contributed by atoms with Crippen molar-refractivity contribution in [1.29, 1.82) is 0 Å². The van der Waals surface area contributed by atoms with E-state index in [1.165, 1.54) is 5.56 Å². The van der Waals surface area contributed by atoms with E-state index in [1.807, 2.05) is 38.1 Å². The SMILES string of the molecule is Cc1cc(C(=O)NCCCN)c(C)n1Cc1ccccc1.Cl. The van der Waals surface area contributed by atoms with E-state index >= 15 is 0 Å². The third-order valence-corrected chi connectivity index (χ3v) is 3.67. The van der Waals surface area contributed by atoms with Crippen LogP contribution < -0.4 is 11.1 Å². The molecule has 1 heterocycles. The van der Waals surface area contributed by atoms with Crippen LogP contribution in [0.5, 0.6) is 0 Å². The highest BCUT2D eigenvalue weighted by Crippen LogP contribution is 2.17. The molecule has 0 fully saturated rings. The zero-order chi connectivity index (χ0) is 15.2. The van der Waals surface area contributed by atoms with Crippen molar-refractivity contribution < 1.29 is 4.79 Å². The number of hydrogen-bond acceptors (Lipinski definition) is 2. The summed E-state index contributed by atoms with van der Waals surface area (Å²) in [6.45, 7) is 6.03. The van der Waals surface area contributed by atoms with Crippen molar-refractivity contribution in [3.05, 3.63) is 58.9 Å². The fourth-order valence-corrected chi connectivity index (χ4v) is 2.44. The summed E-state index contributed by atoms with van der Waals surface area (Å²) in [5, 5.41) is 2.91. The molecule has 4 nitrogen and oxygen atoms in total. The number of nitrogens with zero attached hydrogens (tertiary/aromatic N) is 1. The number of hydrogen-bond donors (Lipinski definition) is 2. The molecule has 0 saturated heterocycles. The normalized spacial score (nSPS) is 10.1. The maximum Gasteiger partial charge on any atom is 0.253 e. The number of aromatic nitrogens is 1. The van der Waals surface area contributed by atoms with Gasteiger partial charge in [-0.05, 0) is 38.4 Å². The highest BCUT2D eigenvalue weighted by molar-refractivity contribution is 5.95. The number of aryl methyl sites for hydroxylation is 1. The second-order valence-corrected chi connectivity index (χ2v) is 5.25. The molecule has 0 aliphatic heterocycles. The smallest absolute Gasteiger partial charge is 0.253 e. The third-order valence-electron chi connectivity index (χ3n) is 3.67. The maximum atomic E-state index is 12.2. The summed E-state index contributed by atoms with van der Waals surface area (Å²) in [4.78, 5) is 12.2. The van der Waals surface area contributed by atoms with Crippen molar-refractivity contribution >= 4 is 18.3 Å². The van der Waals surface area contributed by atoms with Crippen LogP contribution >= 0.6 is 12.4 Å². The van der Waals surface area contributed by atoms with E-state index in [2.05, 4.69) is 22.0 Å².